The van der Waals surface area contributed by atoms with Crippen molar-refractivity contribution in [3.63, 3.8) is 0 Å². The molecular weight excluding hydrogens is 367 g/mol. The molecule has 2 aliphatic heterocycles. The Hall–Kier alpha value is -1.55. The van der Waals surface area contributed by atoms with E-state index in [1.165, 1.54) is 19.4 Å². The quantitative estimate of drug-likeness (QED) is 0.743. The van der Waals surface area contributed by atoms with E-state index in [-0.39, 0.29) is 6.09 Å². The van der Waals surface area contributed by atoms with Crippen LogP contribution in [0.1, 0.15) is 33.6 Å². The molecule has 2 fully saturated rings. The summed E-state index contributed by atoms with van der Waals surface area (Å²) in [6.07, 6.45) is -2.68. The standard InChI is InChI=1S/C15H29N3O2.C2HF3O2/c1-15(2,3)20-14(19)18-10-8-17(9-11-18)12-13-4-6-16-7-5-13;3-2(4,5)1(6)7/h13,16H,4-12H2,1-3H3;(H,6,7). The number of rotatable bonds is 2. The van der Waals surface area contributed by atoms with E-state index in [1.807, 2.05) is 25.7 Å². The molecule has 0 aliphatic carbocycles. The molecule has 0 radical (unpaired) electrons. The zero-order valence-corrected chi connectivity index (χ0v) is 16.1. The maximum absolute atomic E-state index is 12.0. The third-order valence-corrected chi connectivity index (χ3v) is 4.24. The van der Waals surface area contributed by atoms with Gasteiger partial charge in [0.05, 0.1) is 0 Å². The first-order valence-electron chi connectivity index (χ1n) is 9.09. The van der Waals surface area contributed by atoms with Crippen molar-refractivity contribution in [2.24, 2.45) is 5.92 Å². The summed E-state index contributed by atoms with van der Waals surface area (Å²) in [5.41, 5.74) is -0.399. The van der Waals surface area contributed by atoms with E-state index < -0.39 is 17.7 Å². The number of hydrogen-bond acceptors (Lipinski definition) is 5. The molecule has 7 nitrogen and oxygen atoms in total. The van der Waals surface area contributed by atoms with E-state index >= 15 is 0 Å². The number of piperidine rings is 1. The molecule has 2 saturated heterocycles. The van der Waals surface area contributed by atoms with Crippen LogP contribution < -0.4 is 5.32 Å². The predicted octanol–water partition coefficient (Wildman–Crippen LogP) is 2.17. The summed E-state index contributed by atoms with van der Waals surface area (Å²) in [6, 6.07) is 0. The highest BCUT2D eigenvalue weighted by molar-refractivity contribution is 5.73. The molecule has 2 aliphatic rings. The molecule has 1 amide bonds. The number of carboxylic acids is 1. The van der Waals surface area contributed by atoms with Crippen LogP contribution in [0.3, 0.4) is 0 Å². The molecule has 0 spiro atoms. The van der Waals surface area contributed by atoms with Gasteiger partial charge in [-0.05, 0) is 52.6 Å². The summed E-state index contributed by atoms with van der Waals surface area (Å²) in [4.78, 5) is 25.2. The van der Waals surface area contributed by atoms with Crippen LogP contribution in [0.15, 0.2) is 0 Å². The van der Waals surface area contributed by atoms with Crippen molar-refractivity contribution in [1.82, 2.24) is 15.1 Å². The van der Waals surface area contributed by atoms with E-state index in [2.05, 4.69) is 10.2 Å². The number of halogens is 3. The van der Waals surface area contributed by atoms with E-state index in [0.29, 0.717) is 0 Å². The Bertz CT molecular complexity index is 481. The predicted molar refractivity (Wildman–Crippen MR) is 93.5 cm³/mol. The lowest BCUT2D eigenvalue weighted by atomic mass is 9.97. The number of carbonyl (C=O) groups excluding carboxylic acids is 1. The number of nitrogens with one attached hydrogen (secondary N) is 1. The van der Waals surface area contributed by atoms with Crippen molar-refractivity contribution in [2.45, 2.75) is 45.4 Å². The van der Waals surface area contributed by atoms with Crippen LogP contribution in [0.25, 0.3) is 0 Å². The van der Waals surface area contributed by atoms with Gasteiger partial charge in [0.1, 0.15) is 5.60 Å². The molecule has 27 heavy (non-hydrogen) atoms. The minimum atomic E-state index is -5.08. The number of nitrogens with zero attached hydrogens (tertiary/aromatic N) is 2. The molecule has 2 rings (SSSR count). The summed E-state index contributed by atoms with van der Waals surface area (Å²) in [7, 11) is 0. The lowest BCUT2D eigenvalue weighted by Gasteiger charge is -2.37. The van der Waals surface area contributed by atoms with Crippen molar-refractivity contribution >= 4 is 12.1 Å². The number of piperazine rings is 1. The number of aliphatic carboxylic acids is 1. The Balaban J connectivity index is 0.000000445. The van der Waals surface area contributed by atoms with Crippen LogP contribution >= 0.6 is 0 Å². The number of carbonyl (C=O) groups is 2. The van der Waals surface area contributed by atoms with Gasteiger partial charge in [-0.15, -0.1) is 0 Å². The van der Waals surface area contributed by atoms with Gasteiger partial charge in [0, 0.05) is 32.7 Å². The first kappa shape index (κ1) is 23.5. The Labute approximate surface area is 157 Å². The largest absolute Gasteiger partial charge is 0.490 e. The van der Waals surface area contributed by atoms with E-state index in [1.54, 1.807) is 0 Å². The summed E-state index contributed by atoms with van der Waals surface area (Å²) in [6.45, 7) is 12.8. The van der Waals surface area contributed by atoms with Crippen molar-refractivity contribution in [3.8, 4) is 0 Å². The molecule has 2 heterocycles. The molecule has 0 unspecified atom stereocenters. The van der Waals surface area contributed by atoms with Gasteiger partial charge >= 0.3 is 18.2 Å². The molecule has 10 heteroatoms. The summed E-state index contributed by atoms with van der Waals surface area (Å²) < 4.78 is 37.2. The van der Waals surface area contributed by atoms with Gasteiger partial charge in [-0.1, -0.05) is 0 Å². The van der Waals surface area contributed by atoms with Crippen LogP contribution in [0.5, 0.6) is 0 Å². The number of carboxylic acid groups (broad SMARTS) is 1. The lowest BCUT2D eigenvalue weighted by Crippen LogP contribution is -2.51. The minimum absolute atomic E-state index is 0.168. The van der Waals surface area contributed by atoms with Crippen molar-refractivity contribution in [2.75, 3.05) is 45.8 Å². The normalized spacial score (nSPS) is 19.9. The van der Waals surface area contributed by atoms with E-state index in [9.17, 15) is 18.0 Å². The zero-order chi connectivity index (χ0) is 20.7. The minimum Gasteiger partial charge on any atom is -0.475 e. The fourth-order valence-electron chi connectivity index (χ4n) is 2.87. The maximum Gasteiger partial charge on any atom is 0.490 e. The maximum atomic E-state index is 12.0. The number of alkyl halides is 3. The van der Waals surface area contributed by atoms with Gasteiger partial charge < -0.3 is 20.1 Å². The molecule has 0 aromatic carbocycles. The van der Waals surface area contributed by atoms with Crippen LogP contribution in [-0.2, 0) is 9.53 Å². The van der Waals surface area contributed by atoms with Crippen molar-refractivity contribution < 1.29 is 32.6 Å². The monoisotopic (exact) mass is 397 g/mol. The van der Waals surface area contributed by atoms with Gasteiger partial charge in [0.2, 0.25) is 0 Å². The molecule has 0 aromatic rings. The summed E-state index contributed by atoms with van der Waals surface area (Å²) >= 11 is 0. The average Bonchev–Trinajstić information content (AvgIpc) is 2.54. The molecule has 0 saturated carbocycles. The second kappa shape index (κ2) is 10.1. The molecule has 2 N–H and O–H groups in total. The van der Waals surface area contributed by atoms with Crippen LogP contribution in [0.4, 0.5) is 18.0 Å². The molecule has 0 aromatic heterocycles. The van der Waals surface area contributed by atoms with Crippen LogP contribution in [-0.4, -0.2) is 84.6 Å². The lowest BCUT2D eigenvalue weighted by molar-refractivity contribution is -0.192. The third kappa shape index (κ3) is 9.81. The first-order chi connectivity index (χ1) is 12.4. The zero-order valence-electron chi connectivity index (χ0n) is 16.1. The molecular formula is C17H30F3N3O4. The van der Waals surface area contributed by atoms with Gasteiger partial charge in [0.25, 0.3) is 0 Å². The fourth-order valence-corrected chi connectivity index (χ4v) is 2.87. The second-order valence-electron chi connectivity index (χ2n) is 7.76. The topological polar surface area (TPSA) is 82.1 Å². The van der Waals surface area contributed by atoms with Gasteiger partial charge in [-0.3, -0.25) is 4.90 Å². The number of hydrogen-bond donors (Lipinski definition) is 2. The highest BCUT2D eigenvalue weighted by Gasteiger charge is 2.38. The molecule has 0 atom stereocenters. The highest BCUT2D eigenvalue weighted by Crippen LogP contribution is 2.16. The van der Waals surface area contributed by atoms with Gasteiger partial charge in [-0.2, -0.15) is 13.2 Å². The van der Waals surface area contributed by atoms with Crippen molar-refractivity contribution in [3.05, 3.63) is 0 Å². The summed E-state index contributed by atoms with van der Waals surface area (Å²) in [5.74, 6) is -1.93. The Kier molecular flexibility index (Phi) is 8.80. The average molecular weight is 397 g/mol. The van der Waals surface area contributed by atoms with E-state index in [4.69, 9.17) is 14.6 Å². The SMILES string of the molecule is CC(C)(C)OC(=O)N1CCN(CC2CCNCC2)CC1.O=C(O)C(F)(F)F. The Morgan fingerprint density at radius 3 is 1.96 bits per heavy atom. The van der Waals surface area contributed by atoms with Gasteiger partial charge in [0.15, 0.2) is 0 Å². The number of amides is 1. The molecule has 0 bridgehead atoms. The first-order valence-corrected chi connectivity index (χ1v) is 9.09. The van der Waals surface area contributed by atoms with Crippen molar-refractivity contribution in [1.29, 1.82) is 0 Å². The highest BCUT2D eigenvalue weighted by atomic mass is 19.4. The van der Waals surface area contributed by atoms with Gasteiger partial charge in [-0.25, -0.2) is 9.59 Å². The smallest absolute Gasteiger partial charge is 0.475 e. The summed E-state index contributed by atoms with van der Waals surface area (Å²) in [5, 5.41) is 10.5. The third-order valence-electron chi connectivity index (χ3n) is 4.24. The second-order valence-corrected chi connectivity index (χ2v) is 7.76. The van der Waals surface area contributed by atoms with E-state index in [0.717, 1.165) is 45.2 Å². The Morgan fingerprint density at radius 1 is 1.07 bits per heavy atom. The fraction of sp³-hybridized carbons (Fsp3) is 0.882. The van der Waals surface area contributed by atoms with Crippen LogP contribution in [0, 0.1) is 5.92 Å². The Morgan fingerprint density at radius 2 is 1.56 bits per heavy atom. The molecule has 158 valence electrons. The number of ether oxygens (including phenoxy) is 1. The van der Waals surface area contributed by atoms with Crippen LogP contribution in [0.2, 0.25) is 0 Å².